The number of esters is 2. The lowest BCUT2D eigenvalue weighted by Crippen LogP contribution is -2.62. The largest absolute Gasteiger partial charge is 0.458 e. The van der Waals surface area contributed by atoms with Gasteiger partial charge in [-0.25, -0.2) is 9.59 Å². The second-order valence-electron chi connectivity index (χ2n) is 11.6. The fourth-order valence-electron chi connectivity index (χ4n) is 4.88. The summed E-state index contributed by atoms with van der Waals surface area (Å²) in [6.45, 7) is 5.78. The second-order valence-corrected chi connectivity index (χ2v) is 12.8. The molecule has 0 amide bonds. The molecule has 45 heavy (non-hydrogen) atoms. The molecule has 5 atom stereocenters. The van der Waals surface area contributed by atoms with E-state index in [-0.39, 0.29) is 13.2 Å². The number of carbonyl (C=O) groups is 2. The number of benzene rings is 4. The molecule has 7 nitrogen and oxygen atoms in total. The van der Waals surface area contributed by atoms with Crippen LogP contribution in [0.3, 0.4) is 0 Å². The van der Waals surface area contributed by atoms with Crippen molar-refractivity contribution in [1.82, 2.24) is 0 Å². The highest BCUT2D eigenvalue weighted by Crippen LogP contribution is 2.39. The molecule has 0 aliphatic carbocycles. The Morgan fingerprint density at radius 3 is 1.69 bits per heavy atom. The molecule has 1 aliphatic heterocycles. The van der Waals surface area contributed by atoms with Crippen LogP contribution in [0.1, 0.15) is 42.3 Å². The maximum absolute atomic E-state index is 13.8. The number of thioether (sulfide) groups is 1. The minimum absolute atomic E-state index is 0.176. The van der Waals surface area contributed by atoms with Gasteiger partial charge in [-0.15, -0.1) is 0 Å². The summed E-state index contributed by atoms with van der Waals surface area (Å²) < 4.78 is 31.7. The van der Waals surface area contributed by atoms with Crippen molar-refractivity contribution in [1.29, 1.82) is 0 Å². The maximum atomic E-state index is 13.8. The standard InChI is InChI=1S/C37H38O7S/c1-37(2,3)44-35(39)32-30(40-24-26-16-8-4-9-17-26)31(41-25-27-18-10-5-11-19-27)33(42-34(38)28-20-12-6-13-21-28)36(43-32)45-29-22-14-7-15-23-29/h4-23,30-33,36H,24-25H2,1-3H3/t30-,31-,32+,33+,36-/m0/s1. The quantitative estimate of drug-likeness (QED) is 0.161. The van der Waals surface area contributed by atoms with E-state index in [0.717, 1.165) is 16.0 Å². The number of ether oxygens (including phenoxy) is 5. The van der Waals surface area contributed by atoms with Crippen molar-refractivity contribution in [2.75, 3.05) is 0 Å². The van der Waals surface area contributed by atoms with E-state index in [1.54, 1.807) is 45.0 Å². The minimum Gasteiger partial charge on any atom is -0.458 e. The van der Waals surface area contributed by atoms with Gasteiger partial charge in [-0.05, 0) is 56.2 Å². The SMILES string of the molecule is CC(C)(C)OC(=O)[C@@H]1O[C@@H](Sc2ccccc2)[C@H](OC(=O)c2ccccc2)[C@@H](OCc2ccccc2)[C@@H]1OCc1ccccc1. The molecule has 0 bridgehead atoms. The van der Waals surface area contributed by atoms with Crippen LogP contribution in [0, 0.1) is 0 Å². The van der Waals surface area contributed by atoms with Gasteiger partial charge in [0.1, 0.15) is 23.2 Å². The van der Waals surface area contributed by atoms with Crippen molar-refractivity contribution in [3.05, 3.63) is 138 Å². The van der Waals surface area contributed by atoms with Crippen LogP contribution in [0.2, 0.25) is 0 Å². The molecular weight excluding hydrogens is 588 g/mol. The topological polar surface area (TPSA) is 80.3 Å². The first-order valence-corrected chi connectivity index (χ1v) is 15.8. The lowest BCUT2D eigenvalue weighted by molar-refractivity contribution is -0.242. The van der Waals surface area contributed by atoms with Gasteiger partial charge in [-0.3, -0.25) is 0 Å². The Morgan fingerprint density at radius 2 is 1.16 bits per heavy atom. The molecule has 0 spiro atoms. The van der Waals surface area contributed by atoms with Gasteiger partial charge in [0.25, 0.3) is 0 Å². The van der Waals surface area contributed by atoms with Gasteiger partial charge in [0, 0.05) is 4.90 Å². The zero-order valence-electron chi connectivity index (χ0n) is 25.6. The average Bonchev–Trinajstić information content (AvgIpc) is 3.05. The molecule has 0 saturated carbocycles. The Hall–Kier alpha value is -3.95. The molecule has 0 aromatic heterocycles. The Bertz CT molecular complexity index is 1490. The van der Waals surface area contributed by atoms with Crippen molar-refractivity contribution >= 4 is 23.7 Å². The molecule has 1 aliphatic rings. The van der Waals surface area contributed by atoms with E-state index in [4.69, 9.17) is 23.7 Å². The van der Waals surface area contributed by atoms with Crippen LogP contribution >= 0.6 is 11.8 Å². The summed E-state index contributed by atoms with van der Waals surface area (Å²) >= 11 is 1.35. The normalized spacial score (nSPS) is 21.5. The third-order valence-corrected chi connectivity index (χ3v) is 8.11. The summed E-state index contributed by atoms with van der Waals surface area (Å²) in [7, 11) is 0. The molecule has 1 saturated heterocycles. The molecule has 0 unspecified atom stereocenters. The van der Waals surface area contributed by atoms with E-state index in [0.29, 0.717) is 5.56 Å². The smallest absolute Gasteiger partial charge is 0.338 e. The molecule has 8 heteroatoms. The maximum Gasteiger partial charge on any atom is 0.338 e. The van der Waals surface area contributed by atoms with Gasteiger partial charge in [0.2, 0.25) is 0 Å². The van der Waals surface area contributed by atoms with E-state index in [1.165, 1.54) is 11.8 Å². The van der Waals surface area contributed by atoms with Gasteiger partial charge in [-0.1, -0.05) is 109 Å². The average molecular weight is 627 g/mol. The Morgan fingerprint density at radius 1 is 0.667 bits per heavy atom. The number of hydrogen-bond acceptors (Lipinski definition) is 8. The first kappa shape index (κ1) is 32.4. The van der Waals surface area contributed by atoms with E-state index < -0.39 is 47.4 Å². The summed E-state index contributed by atoms with van der Waals surface area (Å²) in [4.78, 5) is 28.2. The molecular formula is C37H38O7S. The molecule has 4 aromatic rings. The van der Waals surface area contributed by atoms with Crippen LogP contribution in [0.4, 0.5) is 0 Å². The van der Waals surface area contributed by atoms with Crippen LogP contribution in [0.5, 0.6) is 0 Å². The Labute approximate surface area is 268 Å². The fraction of sp³-hybridized carbons (Fsp3) is 0.297. The molecule has 1 fully saturated rings. The van der Waals surface area contributed by atoms with E-state index >= 15 is 0 Å². The summed E-state index contributed by atoms with van der Waals surface area (Å²) in [5.74, 6) is -1.12. The lowest BCUT2D eigenvalue weighted by atomic mass is 9.98. The van der Waals surface area contributed by atoms with Crippen molar-refractivity contribution in [3.63, 3.8) is 0 Å². The fourth-order valence-corrected chi connectivity index (χ4v) is 5.99. The van der Waals surface area contributed by atoms with Crippen molar-refractivity contribution in [3.8, 4) is 0 Å². The highest BCUT2D eigenvalue weighted by atomic mass is 32.2. The van der Waals surface area contributed by atoms with Crippen LogP contribution < -0.4 is 0 Å². The van der Waals surface area contributed by atoms with Gasteiger partial charge < -0.3 is 23.7 Å². The van der Waals surface area contributed by atoms with Crippen molar-refractivity contribution in [2.45, 2.75) is 74.3 Å². The van der Waals surface area contributed by atoms with Gasteiger partial charge in [0.15, 0.2) is 12.2 Å². The van der Waals surface area contributed by atoms with E-state index in [2.05, 4.69) is 0 Å². The summed E-state index contributed by atoms with van der Waals surface area (Å²) in [6.07, 6.45) is -3.98. The summed E-state index contributed by atoms with van der Waals surface area (Å²) in [5, 5.41) is 0. The van der Waals surface area contributed by atoms with Crippen molar-refractivity contribution < 1.29 is 33.3 Å². The third kappa shape index (κ3) is 9.28. The molecule has 5 rings (SSSR count). The molecule has 4 aromatic carbocycles. The molecule has 1 heterocycles. The zero-order valence-corrected chi connectivity index (χ0v) is 26.4. The van der Waals surface area contributed by atoms with Gasteiger partial charge >= 0.3 is 11.9 Å². The van der Waals surface area contributed by atoms with Crippen LogP contribution in [-0.2, 0) is 41.7 Å². The summed E-state index contributed by atoms with van der Waals surface area (Å²) in [6, 6.07) is 37.7. The Balaban J connectivity index is 1.55. The van der Waals surface area contributed by atoms with Crippen LogP contribution in [0.25, 0.3) is 0 Å². The molecule has 0 N–H and O–H groups in total. The van der Waals surface area contributed by atoms with Crippen LogP contribution in [0.15, 0.2) is 126 Å². The van der Waals surface area contributed by atoms with Crippen molar-refractivity contribution in [2.24, 2.45) is 0 Å². The predicted octanol–water partition coefficient (Wildman–Crippen LogP) is 7.24. The minimum atomic E-state index is -1.17. The zero-order chi connectivity index (χ0) is 31.6. The monoisotopic (exact) mass is 626 g/mol. The number of rotatable bonds is 11. The first-order chi connectivity index (χ1) is 21.8. The first-order valence-electron chi connectivity index (χ1n) is 14.9. The molecule has 234 valence electrons. The predicted molar refractivity (Wildman–Crippen MR) is 172 cm³/mol. The Kier molecular flexibility index (Phi) is 11.1. The van der Waals surface area contributed by atoms with Gasteiger partial charge in [0.05, 0.1) is 18.8 Å². The highest BCUT2D eigenvalue weighted by molar-refractivity contribution is 7.99. The highest BCUT2D eigenvalue weighted by Gasteiger charge is 2.53. The number of carbonyl (C=O) groups excluding carboxylic acids is 2. The van der Waals surface area contributed by atoms with E-state index in [9.17, 15) is 9.59 Å². The van der Waals surface area contributed by atoms with E-state index in [1.807, 2.05) is 97.1 Å². The number of hydrogen-bond donors (Lipinski definition) is 0. The molecule has 0 radical (unpaired) electrons. The lowest BCUT2D eigenvalue weighted by Gasteiger charge is -2.45. The summed E-state index contributed by atoms with van der Waals surface area (Å²) in [5.41, 5.74) is 0.610. The second kappa shape index (κ2) is 15.4. The van der Waals surface area contributed by atoms with Gasteiger partial charge in [-0.2, -0.15) is 0 Å². The third-order valence-electron chi connectivity index (χ3n) is 6.95. The van der Waals surface area contributed by atoms with Crippen LogP contribution in [-0.4, -0.2) is 47.4 Å².